The molecule has 3 heteroatoms. The summed E-state index contributed by atoms with van der Waals surface area (Å²) in [5, 5.41) is 0. The Morgan fingerprint density at radius 3 is 2.40 bits per heavy atom. The fourth-order valence-corrected chi connectivity index (χ4v) is 3.21. The van der Waals surface area contributed by atoms with E-state index in [1.54, 1.807) is 6.07 Å². The van der Waals surface area contributed by atoms with Crippen LogP contribution in [0, 0.1) is 18.7 Å². The molecule has 1 aliphatic carbocycles. The van der Waals surface area contributed by atoms with Crippen molar-refractivity contribution in [3.05, 3.63) is 70.5 Å². The van der Waals surface area contributed by atoms with Crippen LogP contribution in [-0.4, -0.2) is 0 Å². The predicted octanol–water partition coefficient (Wildman–Crippen LogP) is 3.05. The minimum atomic E-state index is -0.186. The summed E-state index contributed by atoms with van der Waals surface area (Å²) >= 11 is 0. The van der Waals surface area contributed by atoms with Gasteiger partial charge in [0.25, 0.3) is 0 Å². The molecule has 1 unspecified atom stereocenters. The highest BCUT2D eigenvalue weighted by Gasteiger charge is 2.30. The molecule has 0 heterocycles. The molecule has 0 fully saturated rings. The zero-order valence-corrected chi connectivity index (χ0v) is 11.6. The first-order chi connectivity index (χ1) is 9.69. The van der Waals surface area contributed by atoms with Gasteiger partial charge in [-0.1, -0.05) is 42.0 Å². The van der Waals surface area contributed by atoms with Crippen molar-refractivity contribution in [3.63, 3.8) is 0 Å². The molecule has 104 valence electrons. The number of benzene rings is 2. The second kappa shape index (κ2) is 5.35. The summed E-state index contributed by atoms with van der Waals surface area (Å²) in [6.07, 6.45) is 1.89. The number of halogens is 1. The van der Waals surface area contributed by atoms with Gasteiger partial charge in [-0.3, -0.25) is 11.3 Å². The molecule has 0 saturated carbocycles. The number of fused-ring (bicyclic) bond motifs is 1. The molecule has 2 aromatic rings. The van der Waals surface area contributed by atoms with Gasteiger partial charge in [0, 0.05) is 5.56 Å². The van der Waals surface area contributed by atoms with Gasteiger partial charge in [-0.25, -0.2) is 4.39 Å². The van der Waals surface area contributed by atoms with Crippen molar-refractivity contribution in [2.24, 2.45) is 11.8 Å². The smallest absolute Gasteiger partial charge is 0.128 e. The quantitative estimate of drug-likeness (QED) is 0.664. The normalized spacial score (nSPS) is 16.1. The molecule has 3 rings (SSSR count). The molecule has 0 spiro atoms. The van der Waals surface area contributed by atoms with Crippen molar-refractivity contribution in [2.45, 2.75) is 25.8 Å². The van der Waals surface area contributed by atoms with Crippen molar-refractivity contribution < 1.29 is 4.39 Å². The number of aryl methyl sites for hydroxylation is 1. The molecular weight excluding hydrogens is 251 g/mol. The standard InChI is InChI=1S/C17H19FN2/c1-11-6-7-16(18)15(8-11)17(20-19)14-9-12-4-2-3-5-13(12)10-14/h2-8,14,17,20H,9-10,19H2,1H3. The minimum absolute atomic E-state index is 0.151. The summed E-state index contributed by atoms with van der Waals surface area (Å²) in [5.74, 6) is 5.84. The van der Waals surface area contributed by atoms with Gasteiger partial charge < -0.3 is 0 Å². The van der Waals surface area contributed by atoms with Gasteiger partial charge in [0.1, 0.15) is 5.82 Å². The monoisotopic (exact) mass is 270 g/mol. The Kier molecular flexibility index (Phi) is 3.55. The molecule has 0 radical (unpaired) electrons. The zero-order chi connectivity index (χ0) is 14.1. The van der Waals surface area contributed by atoms with Crippen LogP contribution in [0.5, 0.6) is 0 Å². The first-order valence-electron chi connectivity index (χ1n) is 6.98. The minimum Gasteiger partial charge on any atom is -0.271 e. The first-order valence-corrected chi connectivity index (χ1v) is 6.98. The summed E-state index contributed by atoms with van der Waals surface area (Å²) in [6, 6.07) is 13.5. The van der Waals surface area contributed by atoms with Crippen molar-refractivity contribution >= 4 is 0 Å². The second-order valence-electron chi connectivity index (χ2n) is 5.61. The third-order valence-electron chi connectivity index (χ3n) is 4.22. The van der Waals surface area contributed by atoms with E-state index in [0.29, 0.717) is 11.5 Å². The zero-order valence-electron chi connectivity index (χ0n) is 11.6. The van der Waals surface area contributed by atoms with Crippen LogP contribution in [0.3, 0.4) is 0 Å². The summed E-state index contributed by atoms with van der Waals surface area (Å²) in [7, 11) is 0. The molecule has 0 amide bonds. The second-order valence-corrected chi connectivity index (χ2v) is 5.61. The molecule has 2 nitrogen and oxygen atoms in total. The van der Waals surface area contributed by atoms with Crippen molar-refractivity contribution in [3.8, 4) is 0 Å². The van der Waals surface area contributed by atoms with E-state index in [1.807, 2.05) is 13.0 Å². The molecule has 0 aliphatic heterocycles. The Morgan fingerprint density at radius 2 is 1.80 bits per heavy atom. The van der Waals surface area contributed by atoms with E-state index in [2.05, 4.69) is 29.7 Å². The van der Waals surface area contributed by atoms with Crippen LogP contribution in [0.4, 0.5) is 4.39 Å². The Balaban J connectivity index is 1.91. The lowest BCUT2D eigenvalue weighted by Gasteiger charge is -2.24. The van der Waals surface area contributed by atoms with Crippen molar-refractivity contribution in [2.75, 3.05) is 0 Å². The Hall–Kier alpha value is -1.71. The molecule has 0 saturated heterocycles. The number of nitrogens with two attached hydrogens (primary N) is 1. The van der Waals surface area contributed by atoms with Gasteiger partial charge in [0.2, 0.25) is 0 Å². The van der Waals surface area contributed by atoms with Gasteiger partial charge >= 0.3 is 0 Å². The Morgan fingerprint density at radius 1 is 1.15 bits per heavy atom. The average molecular weight is 270 g/mol. The third-order valence-corrected chi connectivity index (χ3v) is 4.22. The number of nitrogens with one attached hydrogen (secondary N) is 1. The highest BCUT2D eigenvalue weighted by molar-refractivity contribution is 5.35. The SMILES string of the molecule is Cc1ccc(F)c(C(NN)C2Cc3ccccc3C2)c1. The number of rotatable bonds is 3. The van der Waals surface area contributed by atoms with Crippen LogP contribution in [0.15, 0.2) is 42.5 Å². The third kappa shape index (κ3) is 2.35. The molecule has 1 atom stereocenters. The van der Waals surface area contributed by atoms with Gasteiger partial charge in [0.05, 0.1) is 6.04 Å². The van der Waals surface area contributed by atoms with Crippen LogP contribution in [0.1, 0.15) is 28.3 Å². The Labute approximate surface area is 118 Å². The van der Waals surface area contributed by atoms with Crippen molar-refractivity contribution in [1.82, 2.24) is 5.43 Å². The van der Waals surface area contributed by atoms with Crippen LogP contribution >= 0.6 is 0 Å². The lowest BCUT2D eigenvalue weighted by atomic mass is 9.90. The lowest BCUT2D eigenvalue weighted by Crippen LogP contribution is -2.34. The molecule has 0 aromatic heterocycles. The van der Waals surface area contributed by atoms with Gasteiger partial charge in [-0.05, 0) is 42.9 Å². The highest BCUT2D eigenvalue weighted by atomic mass is 19.1. The maximum Gasteiger partial charge on any atom is 0.128 e. The van der Waals surface area contributed by atoms with Crippen molar-refractivity contribution in [1.29, 1.82) is 0 Å². The number of hydrogen-bond acceptors (Lipinski definition) is 2. The van der Waals surface area contributed by atoms with Gasteiger partial charge in [-0.15, -0.1) is 0 Å². The van der Waals surface area contributed by atoms with E-state index in [4.69, 9.17) is 5.84 Å². The first kappa shape index (κ1) is 13.3. The summed E-state index contributed by atoms with van der Waals surface area (Å²) in [5.41, 5.74) is 7.25. The average Bonchev–Trinajstić information content (AvgIpc) is 2.87. The van der Waals surface area contributed by atoms with Crippen LogP contribution in [0.25, 0.3) is 0 Å². The number of hydrazine groups is 1. The molecule has 20 heavy (non-hydrogen) atoms. The predicted molar refractivity (Wildman–Crippen MR) is 78.5 cm³/mol. The van der Waals surface area contributed by atoms with Crippen LogP contribution in [-0.2, 0) is 12.8 Å². The molecule has 2 aromatic carbocycles. The molecule has 1 aliphatic rings. The summed E-state index contributed by atoms with van der Waals surface area (Å²) in [4.78, 5) is 0. The topological polar surface area (TPSA) is 38.0 Å². The lowest BCUT2D eigenvalue weighted by molar-refractivity contribution is 0.367. The summed E-state index contributed by atoms with van der Waals surface area (Å²) in [6.45, 7) is 1.97. The van der Waals surface area contributed by atoms with E-state index >= 15 is 0 Å². The van der Waals surface area contributed by atoms with Crippen LogP contribution in [0.2, 0.25) is 0 Å². The van der Waals surface area contributed by atoms with Crippen LogP contribution < -0.4 is 11.3 Å². The molecule has 0 bridgehead atoms. The highest BCUT2D eigenvalue weighted by Crippen LogP contribution is 2.35. The van der Waals surface area contributed by atoms with E-state index < -0.39 is 0 Å². The van der Waals surface area contributed by atoms with Gasteiger partial charge in [0.15, 0.2) is 0 Å². The fraction of sp³-hybridized carbons (Fsp3) is 0.294. The van der Waals surface area contributed by atoms with Gasteiger partial charge in [-0.2, -0.15) is 0 Å². The van der Waals surface area contributed by atoms with E-state index in [0.717, 1.165) is 18.4 Å². The van der Waals surface area contributed by atoms with E-state index in [-0.39, 0.29) is 11.9 Å². The van der Waals surface area contributed by atoms with E-state index in [1.165, 1.54) is 17.2 Å². The Bertz CT molecular complexity index is 599. The fourth-order valence-electron chi connectivity index (χ4n) is 3.21. The molecular formula is C17H19FN2. The molecule has 3 N–H and O–H groups in total. The number of hydrogen-bond donors (Lipinski definition) is 2. The van der Waals surface area contributed by atoms with E-state index in [9.17, 15) is 4.39 Å². The largest absolute Gasteiger partial charge is 0.271 e. The maximum absolute atomic E-state index is 14.1. The maximum atomic E-state index is 14.1. The summed E-state index contributed by atoms with van der Waals surface area (Å²) < 4.78 is 14.1.